The summed E-state index contributed by atoms with van der Waals surface area (Å²) in [6, 6.07) is 7.30. The van der Waals surface area contributed by atoms with Crippen molar-refractivity contribution in [1.29, 1.82) is 0 Å². The number of amides is 1. The number of aromatic nitrogens is 1. The van der Waals surface area contributed by atoms with Crippen molar-refractivity contribution in [1.82, 2.24) is 4.98 Å². The molecule has 0 saturated carbocycles. The first-order chi connectivity index (χ1) is 9.41. The second kappa shape index (κ2) is 5.51. The highest BCUT2D eigenvalue weighted by Gasteiger charge is 2.19. The highest BCUT2D eigenvalue weighted by Crippen LogP contribution is 2.36. The lowest BCUT2D eigenvalue weighted by molar-refractivity contribution is -0.114. The van der Waals surface area contributed by atoms with E-state index in [1.54, 1.807) is 13.0 Å². The van der Waals surface area contributed by atoms with Crippen LogP contribution in [-0.4, -0.2) is 16.7 Å². The molecule has 5 heteroatoms. The molecule has 1 amide bonds. The molecule has 104 valence electrons. The summed E-state index contributed by atoms with van der Waals surface area (Å²) in [6.07, 6.45) is 0. The van der Waals surface area contributed by atoms with E-state index in [9.17, 15) is 9.59 Å². The predicted octanol–water partition coefficient (Wildman–Crippen LogP) is 3.80. The summed E-state index contributed by atoms with van der Waals surface area (Å²) in [5.74, 6) is -0.254. The molecule has 0 spiro atoms. The summed E-state index contributed by atoms with van der Waals surface area (Å²) in [7, 11) is 0. The van der Waals surface area contributed by atoms with Crippen LogP contribution in [0.4, 0.5) is 5.69 Å². The minimum absolute atomic E-state index is 0.0907. The molecule has 0 aliphatic rings. The molecule has 2 aromatic rings. The number of carbonyl (C=O) groups is 2. The van der Waals surface area contributed by atoms with Crippen LogP contribution in [0.2, 0.25) is 5.02 Å². The largest absolute Gasteiger partial charge is 0.357 e. The van der Waals surface area contributed by atoms with E-state index >= 15 is 0 Å². The summed E-state index contributed by atoms with van der Waals surface area (Å²) < 4.78 is 0. The van der Waals surface area contributed by atoms with E-state index in [0.29, 0.717) is 22.0 Å². The number of benzene rings is 1. The summed E-state index contributed by atoms with van der Waals surface area (Å²) >= 11 is 6.30. The molecule has 0 radical (unpaired) electrons. The summed E-state index contributed by atoms with van der Waals surface area (Å²) in [5, 5.41) is 3.14. The summed E-state index contributed by atoms with van der Waals surface area (Å²) in [4.78, 5) is 26.0. The number of ketones is 1. The van der Waals surface area contributed by atoms with Gasteiger partial charge >= 0.3 is 0 Å². The second-order valence-corrected chi connectivity index (χ2v) is 4.97. The summed E-state index contributed by atoms with van der Waals surface area (Å²) in [6.45, 7) is 4.72. The van der Waals surface area contributed by atoms with Crippen molar-refractivity contribution >= 4 is 29.0 Å². The molecule has 4 nitrogen and oxygen atoms in total. The number of Topliss-reactive ketones (excluding diaryl/α,β-unsaturated/α-hetero) is 1. The third kappa shape index (κ3) is 2.60. The molecular formula is C15H15ClN2O2. The lowest BCUT2D eigenvalue weighted by atomic mass is 10.1. The van der Waals surface area contributed by atoms with Crippen molar-refractivity contribution in [3.05, 3.63) is 40.5 Å². The number of rotatable bonds is 3. The number of H-pyrrole nitrogens is 1. The lowest BCUT2D eigenvalue weighted by Crippen LogP contribution is -2.06. The van der Waals surface area contributed by atoms with Crippen LogP contribution >= 0.6 is 11.6 Å². The third-order valence-corrected chi connectivity index (χ3v) is 3.36. The van der Waals surface area contributed by atoms with Gasteiger partial charge in [-0.05, 0) is 19.9 Å². The van der Waals surface area contributed by atoms with E-state index in [-0.39, 0.29) is 11.7 Å². The van der Waals surface area contributed by atoms with Crippen molar-refractivity contribution in [3.63, 3.8) is 0 Å². The normalized spacial score (nSPS) is 10.4. The molecule has 2 N–H and O–H groups in total. The van der Waals surface area contributed by atoms with Gasteiger partial charge in [-0.25, -0.2) is 0 Å². The Morgan fingerprint density at radius 3 is 2.40 bits per heavy atom. The van der Waals surface area contributed by atoms with Crippen molar-refractivity contribution in [3.8, 4) is 11.3 Å². The van der Waals surface area contributed by atoms with Gasteiger partial charge in [0.2, 0.25) is 5.91 Å². The van der Waals surface area contributed by atoms with Crippen LogP contribution in [0.3, 0.4) is 0 Å². The molecule has 0 atom stereocenters. The Morgan fingerprint density at radius 1 is 1.20 bits per heavy atom. The first kappa shape index (κ1) is 14.3. The van der Waals surface area contributed by atoms with Crippen molar-refractivity contribution in [2.24, 2.45) is 0 Å². The van der Waals surface area contributed by atoms with Gasteiger partial charge in [-0.15, -0.1) is 0 Å². The maximum absolute atomic E-state index is 11.6. The van der Waals surface area contributed by atoms with E-state index in [0.717, 1.165) is 11.3 Å². The van der Waals surface area contributed by atoms with Crippen molar-refractivity contribution < 1.29 is 9.59 Å². The Labute approximate surface area is 122 Å². The number of hydrogen-bond acceptors (Lipinski definition) is 2. The SMILES string of the molecule is CC(=O)Nc1ccccc1-c1[nH]c(C)c(C(C)=O)c1Cl. The number of anilines is 1. The zero-order chi connectivity index (χ0) is 14.9. The molecule has 0 aliphatic heterocycles. The topological polar surface area (TPSA) is 62.0 Å². The van der Waals surface area contributed by atoms with Gasteiger partial charge in [-0.1, -0.05) is 29.8 Å². The Balaban J connectivity index is 2.61. The van der Waals surface area contributed by atoms with Gasteiger partial charge in [0.15, 0.2) is 5.78 Å². The molecule has 2 rings (SSSR count). The van der Waals surface area contributed by atoms with Gasteiger partial charge < -0.3 is 10.3 Å². The highest BCUT2D eigenvalue weighted by atomic mass is 35.5. The predicted molar refractivity (Wildman–Crippen MR) is 80.3 cm³/mol. The molecule has 0 unspecified atom stereocenters. The number of aryl methyl sites for hydroxylation is 1. The second-order valence-electron chi connectivity index (χ2n) is 4.60. The van der Waals surface area contributed by atoms with Gasteiger partial charge in [-0.2, -0.15) is 0 Å². The van der Waals surface area contributed by atoms with E-state index < -0.39 is 0 Å². The van der Waals surface area contributed by atoms with E-state index in [1.807, 2.05) is 18.2 Å². The Bertz CT molecular complexity index is 689. The van der Waals surface area contributed by atoms with Crippen LogP contribution in [0.1, 0.15) is 29.9 Å². The zero-order valence-corrected chi connectivity index (χ0v) is 12.3. The number of carbonyl (C=O) groups excluding carboxylic acids is 2. The maximum atomic E-state index is 11.6. The van der Waals surface area contributed by atoms with Gasteiger partial charge in [0.05, 0.1) is 22.0 Å². The first-order valence-corrected chi connectivity index (χ1v) is 6.55. The molecule has 20 heavy (non-hydrogen) atoms. The molecular weight excluding hydrogens is 276 g/mol. The molecule has 0 saturated heterocycles. The van der Waals surface area contributed by atoms with Crippen LogP contribution in [0.15, 0.2) is 24.3 Å². The van der Waals surface area contributed by atoms with Crippen LogP contribution in [0.5, 0.6) is 0 Å². The minimum atomic E-state index is -0.163. The average molecular weight is 291 g/mol. The van der Waals surface area contributed by atoms with E-state index in [4.69, 9.17) is 11.6 Å². The fourth-order valence-corrected chi connectivity index (χ4v) is 2.62. The molecule has 1 aromatic heterocycles. The van der Waals surface area contributed by atoms with Gasteiger partial charge in [-0.3, -0.25) is 9.59 Å². The summed E-state index contributed by atoms with van der Waals surface area (Å²) in [5.41, 5.74) is 3.25. The van der Waals surface area contributed by atoms with Gasteiger partial charge in [0, 0.05) is 18.2 Å². The number of hydrogen-bond donors (Lipinski definition) is 2. The lowest BCUT2D eigenvalue weighted by Gasteiger charge is -2.09. The zero-order valence-electron chi connectivity index (χ0n) is 11.5. The smallest absolute Gasteiger partial charge is 0.221 e. The Morgan fingerprint density at radius 2 is 1.85 bits per heavy atom. The maximum Gasteiger partial charge on any atom is 0.221 e. The van der Waals surface area contributed by atoms with Gasteiger partial charge in [0.25, 0.3) is 0 Å². The van der Waals surface area contributed by atoms with Crippen LogP contribution in [0.25, 0.3) is 11.3 Å². The van der Waals surface area contributed by atoms with Crippen molar-refractivity contribution in [2.45, 2.75) is 20.8 Å². The molecule has 1 heterocycles. The minimum Gasteiger partial charge on any atom is -0.357 e. The molecule has 1 aromatic carbocycles. The number of para-hydroxylation sites is 1. The van der Waals surface area contributed by atoms with Crippen LogP contribution in [-0.2, 0) is 4.79 Å². The first-order valence-electron chi connectivity index (χ1n) is 6.17. The van der Waals surface area contributed by atoms with Gasteiger partial charge in [0.1, 0.15) is 0 Å². The third-order valence-electron chi connectivity index (χ3n) is 2.99. The monoisotopic (exact) mass is 290 g/mol. The fraction of sp³-hybridized carbons (Fsp3) is 0.200. The fourth-order valence-electron chi connectivity index (χ4n) is 2.20. The number of aromatic amines is 1. The molecule has 0 fully saturated rings. The van der Waals surface area contributed by atoms with E-state index in [1.165, 1.54) is 13.8 Å². The number of halogens is 1. The highest BCUT2D eigenvalue weighted by molar-refractivity contribution is 6.36. The Hall–Kier alpha value is -2.07. The van der Waals surface area contributed by atoms with Crippen LogP contribution in [0, 0.1) is 6.92 Å². The van der Waals surface area contributed by atoms with E-state index in [2.05, 4.69) is 10.3 Å². The standard InChI is InChI=1S/C15H15ClN2O2/c1-8-13(9(2)19)14(16)15(17-8)11-6-4-5-7-12(11)18-10(3)20/h4-7,17H,1-3H3,(H,18,20). The quantitative estimate of drug-likeness (QED) is 0.845. The average Bonchev–Trinajstić information content (AvgIpc) is 2.64. The number of nitrogens with one attached hydrogen (secondary N) is 2. The van der Waals surface area contributed by atoms with Crippen LogP contribution < -0.4 is 5.32 Å². The van der Waals surface area contributed by atoms with Crippen molar-refractivity contribution in [2.75, 3.05) is 5.32 Å². The Kier molecular flexibility index (Phi) is 3.95. The molecule has 0 aliphatic carbocycles. The molecule has 0 bridgehead atoms.